The maximum atomic E-state index is 13.4. The topological polar surface area (TPSA) is 55.9 Å². The molecule has 0 aliphatic carbocycles. The van der Waals surface area contributed by atoms with Crippen molar-refractivity contribution in [3.8, 4) is 0 Å². The van der Waals surface area contributed by atoms with Gasteiger partial charge in [-0.3, -0.25) is 19.4 Å². The van der Waals surface area contributed by atoms with Gasteiger partial charge in [0.05, 0.1) is 10.6 Å². The zero-order valence-electron chi connectivity index (χ0n) is 21.5. The van der Waals surface area contributed by atoms with Crippen molar-refractivity contribution in [3.05, 3.63) is 94.1 Å². The minimum Gasteiger partial charge on any atom is -0.369 e. The Morgan fingerprint density at radius 1 is 1.00 bits per heavy atom. The van der Waals surface area contributed by atoms with Gasteiger partial charge in [0.25, 0.3) is 5.91 Å². The maximum absolute atomic E-state index is 13.4. The number of piperazine rings is 1. The van der Waals surface area contributed by atoms with E-state index in [1.807, 2.05) is 60.7 Å². The van der Waals surface area contributed by atoms with E-state index in [9.17, 15) is 14.0 Å². The molecule has 2 amide bonds. The van der Waals surface area contributed by atoms with Crippen LogP contribution < -0.4 is 15.1 Å². The molecule has 2 heterocycles. The summed E-state index contributed by atoms with van der Waals surface area (Å²) in [6, 6.07) is 21.6. The summed E-state index contributed by atoms with van der Waals surface area (Å²) in [4.78, 5) is 33.9. The number of amides is 2. The van der Waals surface area contributed by atoms with Crippen LogP contribution in [0.5, 0.6) is 0 Å². The number of carbonyl (C=O) groups excluding carboxylic acids is 2. The molecule has 3 aromatic rings. The van der Waals surface area contributed by atoms with Crippen molar-refractivity contribution >= 4 is 52.6 Å². The van der Waals surface area contributed by atoms with Gasteiger partial charge in [-0.2, -0.15) is 0 Å². The lowest BCUT2D eigenvalue weighted by atomic mass is 10.2. The fraction of sp³-hybridized carbons (Fsp3) is 0.267. The Morgan fingerprint density at radius 3 is 2.54 bits per heavy atom. The smallest absolute Gasteiger partial charge is 0.265 e. The summed E-state index contributed by atoms with van der Waals surface area (Å²) in [5, 5.41) is 3.58. The van der Waals surface area contributed by atoms with Gasteiger partial charge < -0.3 is 10.2 Å². The Labute approximate surface area is 237 Å². The van der Waals surface area contributed by atoms with Gasteiger partial charge in [-0.05, 0) is 73.1 Å². The van der Waals surface area contributed by atoms with Crippen molar-refractivity contribution < 1.29 is 14.0 Å². The highest BCUT2D eigenvalue weighted by atomic mass is 35.5. The van der Waals surface area contributed by atoms with Crippen LogP contribution in [-0.2, 0) is 9.59 Å². The van der Waals surface area contributed by atoms with E-state index in [1.165, 1.54) is 23.9 Å². The second-order valence-corrected chi connectivity index (χ2v) is 11.1. The number of benzene rings is 3. The first-order valence-electron chi connectivity index (χ1n) is 13.0. The molecule has 0 spiro atoms. The van der Waals surface area contributed by atoms with Gasteiger partial charge in [-0.25, -0.2) is 4.39 Å². The molecule has 0 bridgehead atoms. The molecule has 202 valence electrons. The molecular weight excluding hydrogens is 535 g/mol. The summed E-state index contributed by atoms with van der Waals surface area (Å²) >= 11 is 7.53. The average Bonchev–Trinajstić information content (AvgIpc) is 2.94. The fourth-order valence-electron chi connectivity index (χ4n) is 4.78. The highest BCUT2D eigenvalue weighted by molar-refractivity contribution is 8.04. The summed E-state index contributed by atoms with van der Waals surface area (Å²) in [7, 11) is 0. The van der Waals surface area contributed by atoms with E-state index >= 15 is 0 Å². The SMILES string of the molecule is O=C(CN1C(=O)C(=Cc2cccc(Cl)c2)Sc2ccccc21)NCCCN1CCN(c2ccc(F)cc2)CC1. The highest BCUT2D eigenvalue weighted by Crippen LogP contribution is 2.42. The predicted octanol–water partition coefficient (Wildman–Crippen LogP) is 5.29. The molecule has 1 fully saturated rings. The van der Waals surface area contributed by atoms with E-state index in [-0.39, 0.29) is 24.2 Å². The number of para-hydroxylation sites is 1. The zero-order chi connectivity index (χ0) is 27.2. The Kier molecular flexibility index (Phi) is 8.86. The molecule has 2 aliphatic heterocycles. The highest BCUT2D eigenvalue weighted by Gasteiger charge is 2.30. The first kappa shape index (κ1) is 27.2. The van der Waals surface area contributed by atoms with Crippen molar-refractivity contribution in [3.63, 3.8) is 0 Å². The molecule has 2 aliphatic rings. The summed E-state index contributed by atoms with van der Waals surface area (Å²) in [5.74, 6) is -0.609. The molecule has 5 rings (SSSR count). The van der Waals surface area contributed by atoms with E-state index in [1.54, 1.807) is 11.0 Å². The van der Waals surface area contributed by atoms with Gasteiger partial charge in [0, 0.05) is 48.3 Å². The van der Waals surface area contributed by atoms with Crippen molar-refractivity contribution in [2.24, 2.45) is 0 Å². The van der Waals surface area contributed by atoms with Crippen molar-refractivity contribution in [2.45, 2.75) is 11.3 Å². The number of nitrogens with zero attached hydrogens (tertiary/aromatic N) is 3. The van der Waals surface area contributed by atoms with Crippen molar-refractivity contribution in [1.82, 2.24) is 10.2 Å². The molecule has 0 saturated carbocycles. The molecular formula is C30H30ClFN4O2S. The number of halogens is 2. The van der Waals surface area contributed by atoms with Gasteiger partial charge in [0.2, 0.25) is 5.91 Å². The number of thioether (sulfide) groups is 1. The molecule has 3 aromatic carbocycles. The third kappa shape index (κ3) is 7.01. The minimum atomic E-state index is -0.221. The lowest BCUT2D eigenvalue weighted by Crippen LogP contribution is -2.47. The monoisotopic (exact) mass is 564 g/mol. The van der Waals surface area contributed by atoms with Gasteiger partial charge in [-0.15, -0.1) is 0 Å². The second kappa shape index (κ2) is 12.7. The molecule has 0 atom stereocenters. The molecule has 39 heavy (non-hydrogen) atoms. The van der Waals surface area contributed by atoms with Crippen LogP contribution in [0.4, 0.5) is 15.8 Å². The Morgan fingerprint density at radius 2 is 1.77 bits per heavy atom. The molecule has 9 heteroatoms. The second-order valence-electron chi connectivity index (χ2n) is 9.53. The number of anilines is 2. The number of fused-ring (bicyclic) bond motifs is 1. The quantitative estimate of drug-likeness (QED) is 0.298. The third-order valence-corrected chi connectivity index (χ3v) is 8.13. The fourth-order valence-corrected chi connectivity index (χ4v) is 6.04. The van der Waals surface area contributed by atoms with E-state index in [0.717, 1.165) is 61.0 Å². The first-order chi connectivity index (χ1) is 19.0. The van der Waals surface area contributed by atoms with Crippen LogP contribution in [0, 0.1) is 5.82 Å². The predicted molar refractivity (Wildman–Crippen MR) is 157 cm³/mol. The number of nitrogens with one attached hydrogen (secondary N) is 1. The summed E-state index contributed by atoms with van der Waals surface area (Å²) in [6.07, 6.45) is 2.64. The average molecular weight is 565 g/mol. The summed E-state index contributed by atoms with van der Waals surface area (Å²) < 4.78 is 13.2. The molecule has 6 nitrogen and oxygen atoms in total. The minimum absolute atomic E-state index is 0.0420. The van der Waals surface area contributed by atoms with Gasteiger partial charge in [0.1, 0.15) is 12.4 Å². The Balaban J connectivity index is 1.12. The van der Waals surface area contributed by atoms with Crippen molar-refractivity contribution in [1.29, 1.82) is 0 Å². The number of rotatable bonds is 8. The first-order valence-corrected chi connectivity index (χ1v) is 14.2. The van der Waals surface area contributed by atoms with Crippen LogP contribution in [0.3, 0.4) is 0 Å². The molecule has 0 aromatic heterocycles. The van der Waals surface area contributed by atoms with Gasteiger partial charge in [0.15, 0.2) is 0 Å². The number of carbonyl (C=O) groups is 2. The number of hydrogen-bond donors (Lipinski definition) is 1. The summed E-state index contributed by atoms with van der Waals surface area (Å²) in [6.45, 7) is 5.00. The lowest BCUT2D eigenvalue weighted by molar-refractivity contribution is -0.122. The van der Waals surface area contributed by atoms with E-state index in [2.05, 4.69) is 15.1 Å². The molecule has 0 unspecified atom stereocenters. The van der Waals surface area contributed by atoms with Gasteiger partial charge in [-0.1, -0.05) is 47.6 Å². The van der Waals surface area contributed by atoms with E-state index in [0.29, 0.717) is 16.5 Å². The van der Waals surface area contributed by atoms with Crippen LogP contribution in [-0.4, -0.2) is 62.5 Å². The number of hydrogen-bond acceptors (Lipinski definition) is 5. The summed E-state index contributed by atoms with van der Waals surface area (Å²) in [5.41, 5.74) is 2.62. The van der Waals surface area contributed by atoms with Gasteiger partial charge >= 0.3 is 0 Å². The zero-order valence-corrected chi connectivity index (χ0v) is 23.1. The molecule has 1 saturated heterocycles. The van der Waals surface area contributed by atoms with E-state index in [4.69, 9.17) is 11.6 Å². The Hall–Kier alpha value is -3.33. The maximum Gasteiger partial charge on any atom is 0.265 e. The Bertz CT molecular complexity index is 1360. The molecule has 1 N–H and O–H groups in total. The normalized spacial score (nSPS) is 16.9. The van der Waals surface area contributed by atoms with Crippen molar-refractivity contribution in [2.75, 3.05) is 55.6 Å². The molecule has 0 radical (unpaired) electrons. The largest absolute Gasteiger partial charge is 0.369 e. The van der Waals surface area contributed by atoms with Crippen LogP contribution in [0.15, 0.2) is 82.6 Å². The standard InChI is InChI=1S/C30H30ClFN4O2S/c31-23-6-3-5-22(19-23)20-28-30(38)36(26-7-1-2-8-27(26)39-28)21-29(37)33-13-4-14-34-15-17-35(18-16-34)25-11-9-24(32)10-12-25/h1-3,5-12,19-20H,4,13-18,21H2,(H,33,37). The van der Waals surface area contributed by atoms with Crippen LogP contribution in [0.1, 0.15) is 12.0 Å². The van der Waals surface area contributed by atoms with Crippen LogP contribution >= 0.6 is 23.4 Å². The van der Waals surface area contributed by atoms with Crippen LogP contribution in [0.25, 0.3) is 6.08 Å². The van der Waals surface area contributed by atoms with E-state index < -0.39 is 0 Å². The lowest BCUT2D eigenvalue weighted by Gasteiger charge is -2.36. The third-order valence-electron chi connectivity index (χ3n) is 6.82. The van der Waals surface area contributed by atoms with Crippen LogP contribution in [0.2, 0.25) is 5.02 Å².